The Hall–Kier alpha value is -4.45. The summed E-state index contributed by atoms with van der Waals surface area (Å²) in [5.74, 6) is -0.938. The summed E-state index contributed by atoms with van der Waals surface area (Å²) in [5.41, 5.74) is 3.21. The summed E-state index contributed by atoms with van der Waals surface area (Å²) in [6.07, 6.45) is 4.58. The van der Waals surface area contributed by atoms with Crippen molar-refractivity contribution in [2.75, 3.05) is 6.61 Å². The highest BCUT2D eigenvalue weighted by molar-refractivity contribution is 5.90. The SMILES string of the molecule is C=CC(=O)OC(=C)/C=C\C(=C)CCOC(=O)c1ccc(-c2ccc(OC(=O)C(=C)C)cc2)cc1. The molecule has 0 heterocycles. The molecule has 0 N–H and O–H groups in total. The average Bonchev–Trinajstić information content (AvgIpc) is 2.83. The zero-order chi connectivity index (χ0) is 25.1. The molecule has 0 amide bonds. The van der Waals surface area contributed by atoms with Gasteiger partial charge in [-0.05, 0) is 48.4 Å². The predicted molar refractivity (Wildman–Crippen MR) is 131 cm³/mol. The zero-order valence-electron chi connectivity index (χ0n) is 19.0. The van der Waals surface area contributed by atoms with Crippen LogP contribution >= 0.6 is 0 Å². The number of esters is 3. The molecule has 0 fully saturated rings. The van der Waals surface area contributed by atoms with E-state index in [1.165, 1.54) is 6.08 Å². The highest BCUT2D eigenvalue weighted by atomic mass is 16.5. The number of carbonyl (C=O) groups is 3. The van der Waals surface area contributed by atoms with Crippen molar-refractivity contribution in [3.63, 3.8) is 0 Å². The summed E-state index contributed by atoms with van der Waals surface area (Å²) < 4.78 is 15.3. The van der Waals surface area contributed by atoms with Crippen molar-refractivity contribution >= 4 is 17.9 Å². The smallest absolute Gasteiger partial charge is 0.338 e. The third-order valence-corrected chi connectivity index (χ3v) is 4.43. The third-order valence-electron chi connectivity index (χ3n) is 4.43. The first-order valence-corrected chi connectivity index (χ1v) is 10.3. The Balaban J connectivity index is 1.85. The minimum absolute atomic E-state index is 0.146. The van der Waals surface area contributed by atoms with Crippen LogP contribution in [0.4, 0.5) is 0 Å². The van der Waals surface area contributed by atoms with Crippen LogP contribution < -0.4 is 4.74 Å². The van der Waals surface area contributed by atoms with Gasteiger partial charge in [0.05, 0.1) is 12.2 Å². The van der Waals surface area contributed by atoms with Crippen LogP contribution in [0, 0.1) is 0 Å². The average molecular weight is 459 g/mol. The summed E-state index contributed by atoms with van der Waals surface area (Å²) in [5, 5.41) is 0. The minimum atomic E-state index is -0.596. The van der Waals surface area contributed by atoms with Crippen molar-refractivity contribution in [3.05, 3.63) is 116 Å². The number of ether oxygens (including phenoxy) is 3. The molecule has 2 rings (SSSR count). The Morgan fingerprint density at radius 1 is 0.882 bits per heavy atom. The molecule has 2 aromatic rings. The lowest BCUT2D eigenvalue weighted by molar-refractivity contribution is -0.133. The van der Waals surface area contributed by atoms with Gasteiger partial charge in [0.1, 0.15) is 11.5 Å². The second-order valence-corrected chi connectivity index (χ2v) is 7.24. The summed E-state index contributed by atoms with van der Waals surface area (Å²) in [7, 11) is 0. The first kappa shape index (κ1) is 25.8. The molecule has 0 atom stereocenters. The maximum Gasteiger partial charge on any atom is 0.338 e. The van der Waals surface area contributed by atoms with Crippen LogP contribution in [0.1, 0.15) is 23.7 Å². The second kappa shape index (κ2) is 12.6. The van der Waals surface area contributed by atoms with Gasteiger partial charge >= 0.3 is 17.9 Å². The van der Waals surface area contributed by atoms with Crippen molar-refractivity contribution in [3.8, 4) is 16.9 Å². The van der Waals surface area contributed by atoms with E-state index in [1.54, 1.807) is 37.3 Å². The molecule has 0 bridgehead atoms. The Morgan fingerprint density at radius 2 is 1.47 bits per heavy atom. The number of rotatable bonds is 11. The second-order valence-electron chi connectivity index (χ2n) is 7.24. The topological polar surface area (TPSA) is 78.9 Å². The molecule has 0 spiro atoms. The largest absolute Gasteiger partial charge is 0.462 e. The maximum atomic E-state index is 12.3. The van der Waals surface area contributed by atoms with Gasteiger partial charge in [-0.2, -0.15) is 0 Å². The lowest BCUT2D eigenvalue weighted by Crippen LogP contribution is -2.07. The minimum Gasteiger partial charge on any atom is -0.462 e. The van der Waals surface area contributed by atoms with Crippen LogP contribution in [0.25, 0.3) is 11.1 Å². The van der Waals surface area contributed by atoms with Gasteiger partial charge in [-0.1, -0.05) is 62.2 Å². The molecular weight excluding hydrogens is 432 g/mol. The van der Waals surface area contributed by atoms with Crippen molar-refractivity contribution in [1.29, 1.82) is 0 Å². The molecule has 0 aliphatic heterocycles. The molecule has 2 aromatic carbocycles. The first-order valence-electron chi connectivity index (χ1n) is 10.3. The Morgan fingerprint density at radius 3 is 2.03 bits per heavy atom. The number of allylic oxidation sites excluding steroid dienone is 2. The summed E-state index contributed by atoms with van der Waals surface area (Å²) in [6, 6.07) is 14.0. The molecule has 6 nitrogen and oxygen atoms in total. The summed E-state index contributed by atoms with van der Waals surface area (Å²) in [6.45, 7) is 16.0. The van der Waals surface area contributed by atoms with Crippen LogP contribution in [0.2, 0.25) is 0 Å². The highest BCUT2D eigenvalue weighted by Crippen LogP contribution is 2.23. The molecule has 34 heavy (non-hydrogen) atoms. The highest BCUT2D eigenvalue weighted by Gasteiger charge is 2.09. The lowest BCUT2D eigenvalue weighted by Gasteiger charge is -2.08. The third kappa shape index (κ3) is 8.24. The van der Waals surface area contributed by atoms with Crippen molar-refractivity contribution in [2.24, 2.45) is 0 Å². The molecule has 6 heteroatoms. The Labute approximate surface area is 199 Å². The van der Waals surface area contributed by atoms with Gasteiger partial charge in [-0.15, -0.1) is 0 Å². The quantitative estimate of drug-likeness (QED) is 0.141. The molecule has 0 radical (unpaired) electrons. The molecule has 0 aromatic heterocycles. The van der Waals surface area contributed by atoms with Gasteiger partial charge in [-0.3, -0.25) is 0 Å². The van der Waals surface area contributed by atoms with E-state index in [1.807, 2.05) is 24.3 Å². The predicted octanol–water partition coefficient (Wildman–Crippen LogP) is 5.74. The van der Waals surface area contributed by atoms with Gasteiger partial charge in [0, 0.05) is 18.1 Å². The van der Waals surface area contributed by atoms with Crippen molar-refractivity contribution < 1.29 is 28.6 Å². The normalized spacial score (nSPS) is 10.3. The van der Waals surface area contributed by atoms with Gasteiger partial charge in [-0.25, -0.2) is 14.4 Å². The standard InChI is InChI=1S/C28H26O6/c1-6-26(29)33-21(5)8-7-20(4)17-18-32-28(31)24-11-9-22(10-12-24)23-13-15-25(16-14-23)34-27(30)19(2)3/h6-16H,1-2,4-5,17-18H2,3H3/b8-7-. The van der Waals surface area contributed by atoms with E-state index in [2.05, 4.69) is 26.3 Å². The summed E-state index contributed by atoms with van der Waals surface area (Å²) in [4.78, 5) is 35.0. The van der Waals surface area contributed by atoms with Gasteiger partial charge in [0.2, 0.25) is 0 Å². The fourth-order valence-electron chi connectivity index (χ4n) is 2.57. The van der Waals surface area contributed by atoms with E-state index < -0.39 is 17.9 Å². The Kier molecular flexibility index (Phi) is 9.53. The number of benzene rings is 2. The maximum absolute atomic E-state index is 12.3. The molecule has 0 saturated heterocycles. The van der Waals surface area contributed by atoms with E-state index in [-0.39, 0.29) is 12.4 Å². The van der Waals surface area contributed by atoms with Gasteiger partial charge in [0.15, 0.2) is 0 Å². The van der Waals surface area contributed by atoms with E-state index in [0.717, 1.165) is 17.2 Å². The van der Waals surface area contributed by atoms with Gasteiger partial charge in [0.25, 0.3) is 0 Å². The van der Waals surface area contributed by atoms with E-state index >= 15 is 0 Å². The van der Waals surface area contributed by atoms with Crippen LogP contribution in [-0.4, -0.2) is 24.5 Å². The molecule has 0 aliphatic carbocycles. The van der Waals surface area contributed by atoms with Gasteiger partial charge < -0.3 is 14.2 Å². The lowest BCUT2D eigenvalue weighted by atomic mass is 10.0. The fraction of sp³-hybridized carbons (Fsp3) is 0.107. The van der Waals surface area contributed by atoms with Crippen LogP contribution in [0.3, 0.4) is 0 Å². The number of hydrogen-bond acceptors (Lipinski definition) is 6. The molecule has 0 aliphatic rings. The molecule has 0 saturated carbocycles. The van der Waals surface area contributed by atoms with Crippen molar-refractivity contribution in [1.82, 2.24) is 0 Å². The van der Waals surface area contributed by atoms with Crippen molar-refractivity contribution in [2.45, 2.75) is 13.3 Å². The summed E-state index contributed by atoms with van der Waals surface area (Å²) >= 11 is 0. The van der Waals surface area contributed by atoms with E-state index in [9.17, 15) is 14.4 Å². The zero-order valence-corrected chi connectivity index (χ0v) is 19.0. The molecule has 174 valence electrons. The van der Waals surface area contributed by atoms with E-state index in [4.69, 9.17) is 14.2 Å². The number of hydrogen-bond donors (Lipinski definition) is 0. The number of carbonyl (C=O) groups excluding carboxylic acids is 3. The van der Waals surface area contributed by atoms with Crippen LogP contribution in [-0.2, 0) is 19.1 Å². The molecule has 0 unspecified atom stereocenters. The van der Waals surface area contributed by atoms with E-state index in [0.29, 0.717) is 28.9 Å². The monoisotopic (exact) mass is 458 g/mol. The Bertz CT molecular complexity index is 1130. The van der Waals surface area contributed by atoms with Crippen LogP contribution in [0.15, 0.2) is 110 Å². The molecular formula is C28H26O6. The first-order chi connectivity index (χ1) is 16.2. The fourth-order valence-corrected chi connectivity index (χ4v) is 2.57. The van der Waals surface area contributed by atoms with Crippen LogP contribution in [0.5, 0.6) is 5.75 Å².